The van der Waals surface area contributed by atoms with E-state index in [-0.39, 0.29) is 38.0 Å². The largest absolute Gasteiger partial charge is 0.482 e. The Balaban J connectivity index is 1.65. The molecule has 2 N–H and O–H groups in total. The van der Waals surface area contributed by atoms with E-state index in [1.165, 1.54) is 18.2 Å². The summed E-state index contributed by atoms with van der Waals surface area (Å²) in [5.41, 5.74) is 1.10. The van der Waals surface area contributed by atoms with E-state index in [2.05, 4.69) is 10.0 Å². The van der Waals surface area contributed by atoms with Crippen LogP contribution in [0, 0.1) is 0 Å². The van der Waals surface area contributed by atoms with Crippen molar-refractivity contribution in [1.82, 2.24) is 4.72 Å². The maximum Gasteiger partial charge on any atom is 0.262 e. The summed E-state index contributed by atoms with van der Waals surface area (Å²) in [5, 5.41) is 3.18. The van der Waals surface area contributed by atoms with Crippen molar-refractivity contribution in [3.05, 3.63) is 87.4 Å². The number of carbonyl (C=O) groups excluding carboxylic acids is 1. The van der Waals surface area contributed by atoms with Gasteiger partial charge in [0.25, 0.3) is 5.91 Å². The molecule has 0 saturated heterocycles. The lowest BCUT2D eigenvalue weighted by atomic mass is 10.1. The molecule has 0 saturated carbocycles. The van der Waals surface area contributed by atoms with Crippen LogP contribution in [0.25, 0.3) is 0 Å². The molecule has 10 heteroatoms. The molecule has 168 valence electrons. The number of benzene rings is 3. The van der Waals surface area contributed by atoms with Gasteiger partial charge in [0.15, 0.2) is 6.61 Å². The number of para-hydroxylation sites is 1. The molecule has 3 rings (SSSR count). The number of anilines is 1. The molecule has 0 fully saturated rings. The highest BCUT2D eigenvalue weighted by atomic mass is 35.5. The number of halogens is 3. The van der Waals surface area contributed by atoms with Crippen molar-refractivity contribution >= 4 is 56.4 Å². The SMILES string of the molecule is C[C@@H](NS(=O)(=O)c1ccc(OCC(=O)Nc2c(Cl)cccc2Cl)c(Cl)c1)c1ccccc1. The molecule has 32 heavy (non-hydrogen) atoms. The molecule has 6 nitrogen and oxygen atoms in total. The van der Waals surface area contributed by atoms with Gasteiger partial charge >= 0.3 is 0 Å². The van der Waals surface area contributed by atoms with E-state index in [0.29, 0.717) is 0 Å². The monoisotopic (exact) mass is 512 g/mol. The van der Waals surface area contributed by atoms with Gasteiger partial charge in [-0.15, -0.1) is 0 Å². The first-order valence-corrected chi connectivity index (χ1v) is 12.0. The van der Waals surface area contributed by atoms with Crippen LogP contribution in [0.5, 0.6) is 5.75 Å². The summed E-state index contributed by atoms with van der Waals surface area (Å²) in [4.78, 5) is 12.2. The molecule has 0 radical (unpaired) electrons. The minimum absolute atomic E-state index is 0.0232. The molecule has 3 aromatic carbocycles. The lowest BCUT2D eigenvalue weighted by Crippen LogP contribution is -2.27. The van der Waals surface area contributed by atoms with E-state index < -0.39 is 22.0 Å². The van der Waals surface area contributed by atoms with Gasteiger partial charge in [-0.05, 0) is 42.8 Å². The van der Waals surface area contributed by atoms with Crippen molar-refractivity contribution in [2.24, 2.45) is 0 Å². The Hall–Kier alpha value is -2.29. The smallest absolute Gasteiger partial charge is 0.262 e. The van der Waals surface area contributed by atoms with Gasteiger partial charge in [0.1, 0.15) is 5.75 Å². The minimum atomic E-state index is -3.83. The van der Waals surface area contributed by atoms with Gasteiger partial charge in [0.2, 0.25) is 10.0 Å². The van der Waals surface area contributed by atoms with Gasteiger partial charge in [0, 0.05) is 6.04 Å². The molecule has 0 aliphatic heterocycles. The molecule has 0 bridgehead atoms. The molecule has 0 aromatic heterocycles. The third-order valence-electron chi connectivity index (χ3n) is 4.43. The molecule has 0 spiro atoms. The molecule has 0 aliphatic carbocycles. The zero-order chi connectivity index (χ0) is 23.3. The van der Waals surface area contributed by atoms with Crippen LogP contribution in [0.1, 0.15) is 18.5 Å². The zero-order valence-electron chi connectivity index (χ0n) is 16.8. The second-order valence-corrected chi connectivity index (χ2v) is 9.71. The number of sulfonamides is 1. The van der Waals surface area contributed by atoms with Crippen LogP contribution in [0.15, 0.2) is 71.6 Å². The Morgan fingerprint density at radius 3 is 2.22 bits per heavy atom. The van der Waals surface area contributed by atoms with Crippen molar-refractivity contribution in [3.63, 3.8) is 0 Å². The fourth-order valence-electron chi connectivity index (χ4n) is 2.81. The fraction of sp³-hybridized carbons (Fsp3) is 0.136. The van der Waals surface area contributed by atoms with Crippen LogP contribution in [0.2, 0.25) is 15.1 Å². The Kier molecular flexibility index (Phi) is 8.03. The van der Waals surface area contributed by atoms with E-state index in [4.69, 9.17) is 39.5 Å². The number of hydrogen-bond donors (Lipinski definition) is 2. The van der Waals surface area contributed by atoms with Crippen molar-refractivity contribution in [2.45, 2.75) is 17.9 Å². The van der Waals surface area contributed by atoms with E-state index >= 15 is 0 Å². The highest BCUT2D eigenvalue weighted by Crippen LogP contribution is 2.30. The van der Waals surface area contributed by atoms with E-state index in [9.17, 15) is 13.2 Å². The van der Waals surface area contributed by atoms with E-state index in [1.807, 2.05) is 30.3 Å². The molecule has 0 unspecified atom stereocenters. The van der Waals surface area contributed by atoms with Gasteiger partial charge in [0.05, 0.1) is 25.7 Å². The van der Waals surface area contributed by atoms with Crippen molar-refractivity contribution < 1.29 is 17.9 Å². The minimum Gasteiger partial charge on any atom is -0.482 e. The third kappa shape index (κ3) is 6.15. The highest BCUT2D eigenvalue weighted by Gasteiger charge is 2.20. The summed E-state index contributed by atoms with van der Waals surface area (Å²) in [6, 6.07) is 17.6. The Labute approximate surface area is 201 Å². The van der Waals surface area contributed by atoms with Crippen molar-refractivity contribution in [2.75, 3.05) is 11.9 Å². The number of hydrogen-bond acceptors (Lipinski definition) is 4. The topological polar surface area (TPSA) is 84.5 Å². The number of nitrogens with one attached hydrogen (secondary N) is 2. The van der Waals surface area contributed by atoms with Gasteiger partial charge in [-0.1, -0.05) is 71.2 Å². The number of amides is 1. The van der Waals surface area contributed by atoms with Crippen molar-refractivity contribution in [1.29, 1.82) is 0 Å². The summed E-state index contributed by atoms with van der Waals surface area (Å²) in [6.45, 7) is 1.37. The van der Waals surface area contributed by atoms with Crippen LogP contribution in [0.4, 0.5) is 5.69 Å². The third-order valence-corrected chi connectivity index (χ3v) is 6.89. The van der Waals surface area contributed by atoms with Crippen LogP contribution < -0.4 is 14.8 Å². The molecule has 1 atom stereocenters. The maximum atomic E-state index is 12.7. The summed E-state index contributed by atoms with van der Waals surface area (Å²) in [7, 11) is -3.83. The normalized spacial score (nSPS) is 12.2. The van der Waals surface area contributed by atoms with Crippen LogP contribution in [0.3, 0.4) is 0 Å². The van der Waals surface area contributed by atoms with Gasteiger partial charge < -0.3 is 10.1 Å². The summed E-state index contributed by atoms with van der Waals surface area (Å²) in [6.07, 6.45) is 0. The van der Waals surface area contributed by atoms with E-state index in [0.717, 1.165) is 5.56 Å². The maximum absolute atomic E-state index is 12.7. The standard InChI is InChI=1S/C22H19Cl3N2O4S/c1-14(15-6-3-2-4-7-15)27-32(29,30)16-10-11-20(19(25)12-16)31-13-21(28)26-22-17(23)8-5-9-18(22)24/h2-12,14,27H,13H2,1H3,(H,26,28)/t14-/m1/s1. The number of ether oxygens (including phenoxy) is 1. The average Bonchev–Trinajstić information content (AvgIpc) is 2.76. The van der Waals surface area contributed by atoms with Gasteiger partial charge in [-0.2, -0.15) is 0 Å². The predicted molar refractivity (Wildman–Crippen MR) is 127 cm³/mol. The van der Waals surface area contributed by atoms with Gasteiger partial charge in [-0.25, -0.2) is 13.1 Å². The van der Waals surface area contributed by atoms with Gasteiger partial charge in [-0.3, -0.25) is 4.79 Å². The Bertz CT molecular complexity index is 1200. The zero-order valence-corrected chi connectivity index (χ0v) is 19.9. The first-order chi connectivity index (χ1) is 15.2. The molecule has 0 heterocycles. The highest BCUT2D eigenvalue weighted by molar-refractivity contribution is 7.89. The number of carbonyl (C=O) groups is 1. The number of rotatable bonds is 8. The molecular formula is C22H19Cl3N2O4S. The first-order valence-electron chi connectivity index (χ1n) is 9.41. The fourth-order valence-corrected chi connectivity index (χ4v) is 4.86. The summed E-state index contributed by atoms with van der Waals surface area (Å²) < 4.78 is 33.5. The first kappa shape index (κ1) is 24.4. The molecular weight excluding hydrogens is 495 g/mol. The molecule has 3 aromatic rings. The summed E-state index contributed by atoms with van der Waals surface area (Å²) in [5.74, 6) is -0.353. The van der Waals surface area contributed by atoms with Crippen LogP contribution in [-0.4, -0.2) is 20.9 Å². The lowest BCUT2D eigenvalue weighted by molar-refractivity contribution is -0.118. The van der Waals surface area contributed by atoms with Crippen molar-refractivity contribution in [3.8, 4) is 5.75 Å². The van der Waals surface area contributed by atoms with Crippen LogP contribution >= 0.6 is 34.8 Å². The van der Waals surface area contributed by atoms with Crippen LogP contribution in [-0.2, 0) is 14.8 Å². The lowest BCUT2D eigenvalue weighted by Gasteiger charge is -2.15. The van der Waals surface area contributed by atoms with E-state index in [1.54, 1.807) is 25.1 Å². The second-order valence-electron chi connectivity index (χ2n) is 6.78. The molecule has 0 aliphatic rings. The Morgan fingerprint density at radius 2 is 1.59 bits per heavy atom. The predicted octanol–water partition coefficient (Wildman–Crippen LogP) is 5.70. The second kappa shape index (κ2) is 10.6. The quantitative estimate of drug-likeness (QED) is 0.404. The average molecular weight is 514 g/mol. The summed E-state index contributed by atoms with van der Waals surface area (Å²) >= 11 is 18.2. The Morgan fingerprint density at radius 1 is 0.938 bits per heavy atom. The molecule has 1 amide bonds.